The van der Waals surface area contributed by atoms with Crippen LogP contribution in [0.4, 0.5) is 18.0 Å². The third kappa shape index (κ3) is 5.35. The van der Waals surface area contributed by atoms with E-state index in [1.54, 1.807) is 0 Å². The number of carbonyl (C=O) groups is 1. The summed E-state index contributed by atoms with van der Waals surface area (Å²) < 4.78 is 63.4. The molecule has 0 spiro atoms. The number of alkyl halides is 3. The number of halogens is 4. The monoisotopic (exact) mass is 317 g/mol. The van der Waals surface area contributed by atoms with Gasteiger partial charge in [0.25, 0.3) is 10.0 Å². The van der Waals surface area contributed by atoms with Crippen LogP contribution in [-0.4, -0.2) is 27.3 Å². The Morgan fingerprint density at radius 1 is 1.26 bits per heavy atom. The first-order chi connectivity index (χ1) is 8.60. The molecule has 0 unspecified atom stereocenters. The first kappa shape index (κ1) is 15.6. The van der Waals surface area contributed by atoms with Crippen LogP contribution in [0.2, 0.25) is 5.02 Å². The molecule has 0 fully saturated rings. The van der Waals surface area contributed by atoms with E-state index in [1.807, 2.05) is 0 Å². The predicted molar refractivity (Wildman–Crippen MR) is 59.2 cm³/mol. The van der Waals surface area contributed by atoms with E-state index in [9.17, 15) is 26.4 Å². The third-order valence-corrected chi connectivity index (χ3v) is 3.29. The fraction of sp³-hybridized carbons (Fsp3) is 0.222. The molecule has 0 aliphatic rings. The Morgan fingerprint density at radius 3 is 2.26 bits per heavy atom. The van der Waals surface area contributed by atoms with E-state index in [0.717, 1.165) is 12.1 Å². The number of hydrogen-bond acceptors (Lipinski definition) is 4. The van der Waals surface area contributed by atoms with Gasteiger partial charge in [0.2, 0.25) is 0 Å². The number of hydrogen-bond donors (Lipinski definition) is 1. The zero-order valence-electron chi connectivity index (χ0n) is 9.07. The Balaban J connectivity index is 2.70. The van der Waals surface area contributed by atoms with Crippen molar-refractivity contribution in [1.29, 1.82) is 0 Å². The highest BCUT2D eigenvalue weighted by Crippen LogP contribution is 2.16. The van der Waals surface area contributed by atoms with Crippen molar-refractivity contribution in [3.05, 3.63) is 29.3 Å². The Bertz CT molecular complexity index is 556. The van der Waals surface area contributed by atoms with Gasteiger partial charge in [-0.15, -0.1) is 0 Å². The van der Waals surface area contributed by atoms with E-state index in [4.69, 9.17) is 11.6 Å². The van der Waals surface area contributed by atoms with Gasteiger partial charge < -0.3 is 4.74 Å². The molecule has 5 nitrogen and oxygen atoms in total. The van der Waals surface area contributed by atoms with Gasteiger partial charge in [-0.2, -0.15) is 13.2 Å². The molecule has 0 atom stereocenters. The van der Waals surface area contributed by atoms with Gasteiger partial charge in [0, 0.05) is 5.02 Å². The second kappa shape index (κ2) is 5.66. The molecule has 0 aromatic heterocycles. The van der Waals surface area contributed by atoms with Crippen molar-refractivity contribution in [2.75, 3.05) is 6.61 Å². The molecule has 106 valence electrons. The number of nitrogens with one attached hydrogen (secondary N) is 1. The molecule has 0 bridgehead atoms. The molecule has 1 rings (SSSR count). The molecule has 0 saturated heterocycles. The molecule has 1 N–H and O–H groups in total. The molecular weight excluding hydrogens is 311 g/mol. The zero-order valence-corrected chi connectivity index (χ0v) is 10.6. The van der Waals surface area contributed by atoms with Crippen LogP contribution >= 0.6 is 11.6 Å². The summed E-state index contributed by atoms with van der Waals surface area (Å²) in [4.78, 5) is 10.6. The van der Waals surface area contributed by atoms with Crippen LogP contribution in [-0.2, 0) is 14.8 Å². The van der Waals surface area contributed by atoms with Crippen LogP contribution < -0.4 is 4.72 Å². The molecule has 10 heteroatoms. The summed E-state index contributed by atoms with van der Waals surface area (Å²) in [5.74, 6) is 0. The summed E-state index contributed by atoms with van der Waals surface area (Å²) in [6, 6.07) is 4.66. The lowest BCUT2D eigenvalue weighted by Gasteiger charge is -2.09. The van der Waals surface area contributed by atoms with Crippen molar-refractivity contribution in [2.24, 2.45) is 0 Å². The molecule has 0 aliphatic carbocycles. The van der Waals surface area contributed by atoms with Crippen molar-refractivity contribution in [1.82, 2.24) is 4.72 Å². The minimum Gasteiger partial charge on any atom is -0.439 e. The lowest BCUT2D eigenvalue weighted by molar-refractivity contribution is -0.160. The number of rotatable bonds is 3. The van der Waals surface area contributed by atoms with Crippen molar-refractivity contribution in [3.8, 4) is 0 Å². The Morgan fingerprint density at radius 2 is 1.79 bits per heavy atom. The van der Waals surface area contributed by atoms with Crippen molar-refractivity contribution >= 4 is 27.7 Å². The van der Waals surface area contributed by atoms with E-state index in [1.165, 1.54) is 16.9 Å². The summed E-state index contributed by atoms with van der Waals surface area (Å²) in [5.41, 5.74) is 0. The highest BCUT2D eigenvalue weighted by atomic mass is 35.5. The molecule has 1 aromatic carbocycles. The summed E-state index contributed by atoms with van der Waals surface area (Å²) in [7, 11) is -4.29. The Hall–Kier alpha value is -1.48. The fourth-order valence-corrected chi connectivity index (χ4v) is 1.98. The average Bonchev–Trinajstić information content (AvgIpc) is 2.25. The molecule has 19 heavy (non-hydrogen) atoms. The van der Waals surface area contributed by atoms with Gasteiger partial charge in [0.15, 0.2) is 6.61 Å². The normalized spacial score (nSPS) is 12.0. The summed E-state index contributed by atoms with van der Waals surface area (Å²) >= 11 is 5.54. The first-order valence-corrected chi connectivity index (χ1v) is 6.48. The molecule has 0 saturated carbocycles. The van der Waals surface area contributed by atoms with Gasteiger partial charge in [-0.05, 0) is 24.3 Å². The Kier molecular flexibility index (Phi) is 4.64. The maximum atomic E-state index is 11.7. The minimum atomic E-state index is -4.73. The van der Waals surface area contributed by atoms with Gasteiger partial charge in [-0.3, -0.25) is 0 Å². The standard InChI is InChI=1S/C9H7ClF3NO4S/c10-6-1-3-7(4-2-6)19(16,17)14-8(15)18-5-9(11,12)13/h1-4H,5H2,(H,14,15). The molecular formula is C9H7ClF3NO4S. The number of amides is 1. The zero-order chi connectivity index (χ0) is 14.7. The van der Waals surface area contributed by atoms with Gasteiger partial charge in [-0.1, -0.05) is 11.6 Å². The molecule has 1 amide bonds. The van der Waals surface area contributed by atoms with Crippen LogP contribution in [0.15, 0.2) is 29.2 Å². The van der Waals surface area contributed by atoms with Gasteiger partial charge >= 0.3 is 12.3 Å². The SMILES string of the molecule is O=C(NS(=O)(=O)c1ccc(Cl)cc1)OCC(F)(F)F. The molecule has 0 heterocycles. The lowest BCUT2D eigenvalue weighted by Crippen LogP contribution is -2.33. The van der Waals surface area contributed by atoms with Crippen LogP contribution in [0.5, 0.6) is 0 Å². The van der Waals surface area contributed by atoms with Gasteiger partial charge in [0.05, 0.1) is 4.90 Å². The van der Waals surface area contributed by atoms with E-state index >= 15 is 0 Å². The number of benzene rings is 1. The first-order valence-electron chi connectivity index (χ1n) is 4.62. The van der Waals surface area contributed by atoms with E-state index in [-0.39, 0.29) is 9.92 Å². The van der Waals surface area contributed by atoms with E-state index in [2.05, 4.69) is 4.74 Å². The van der Waals surface area contributed by atoms with Crippen molar-refractivity contribution < 1.29 is 31.1 Å². The van der Waals surface area contributed by atoms with Crippen LogP contribution in [0.1, 0.15) is 0 Å². The lowest BCUT2D eigenvalue weighted by atomic mass is 10.4. The maximum Gasteiger partial charge on any atom is 0.422 e. The second-order valence-corrected chi connectivity index (χ2v) is 5.37. The van der Waals surface area contributed by atoms with Crippen LogP contribution in [0.3, 0.4) is 0 Å². The predicted octanol–water partition coefficient (Wildman–Crippen LogP) is 2.32. The fourth-order valence-electron chi connectivity index (χ4n) is 0.959. The topological polar surface area (TPSA) is 72.5 Å². The maximum absolute atomic E-state index is 11.7. The summed E-state index contributed by atoms with van der Waals surface area (Å²) in [6.45, 7) is -1.88. The quantitative estimate of drug-likeness (QED) is 0.928. The van der Waals surface area contributed by atoms with Crippen molar-refractivity contribution in [3.63, 3.8) is 0 Å². The highest BCUT2D eigenvalue weighted by molar-refractivity contribution is 7.90. The molecule has 0 radical (unpaired) electrons. The summed E-state index contributed by atoms with van der Waals surface area (Å²) in [5, 5.41) is 0.263. The van der Waals surface area contributed by atoms with Gasteiger partial charge in [0.1, 0.15) is 0 Å². The number of ether oxygens (including phenoxy) is 1. The largest absolute Gasteiger partial charge is 0.439 e. The Labute approximate surface area is 111 Å². The highest BCUT2D eigenvalue weighted by Gasteiger charge is 2.30. The van der Waals surface area contributed by atoms with Crippen LogP contribution in [0, 0.1) is 0 Å². The third-order valence-electron chi connectivity index (χ3n) is 1.71. The van der Waals surface area contributed by atoms with Crippen LogP contribution in [0.25, 0.3) is 0 Å². The molecule has 1 aromatic rings. The van der Waals surface area contributed by atoms with E-state index < -0.39 is 28.9 Å². The average molecular weight is 318 g/mol. The van der Waals surface area contributed by atoms with Gasteiger partial charge in [-0.25, -0.2) is 17.9 Å². The minimum absolute atomic E-state index is 0.263. The number of sulfonamides is 1. The molecule has 0 aliphatic heterocycles. The smallest absolute Gasteiger partial charge is 0.422 e. The summed E-state index contributed by atoms with van der Waals surface area (Å²) in [6.07, 6.45) is -6.45. The number of carbonyl (C=O) groups excluding carboxylic acids is 1. The van der Waals surface area contributed by atoms with Crippen molar-refractivity contribution in [2.45, 2.75) is 11.1 Å². The van der Waals surface area contributed by atoms with E-state index in [0.29, 0.717) is 0 Å². The second-order valence-electron chi connectivity index (χ2n) is 3.25.